The van der Waals surface area contributed by atoms with Crippen LogP contribution in [0.25, 0.3) is 0 Å². The number of hydrogen-bond acceptors (Lipinski definition) is 3. The summed E-state index contributed by atoms with van der Waals surface area (Å²) in [7, 11) is 1.70. The average Bonchev–Trinajstić information content (AvgIpc) is 2.89. The fourth-order valence-corrected chi connectivity index (χ4v) is 4.06. The van der Waals surface area contributed by atoms with Crippen LogP contribution in [-0.4, -0.2) is 12.8 Å². The van der Waals surface area contributed by atoms with E-state index in [9.17, 15) is 0 Å². The normalized spacial score (nSPS) is 14.4. The summed E-state index contributed by atoms with van der Waals surface area (Å²) < 4.78 is 5.23. The lowest BCUT2D eigenvalue weighted by molar-refractivity contribution is 0.414. The van der Waals surface area contributed by atoms with Gasteiger partial charge in [-0.3, -0.25) is 4.99 Å². The molecule has 0 bridgehead atoms. The molecule has 138 valence electrons. The molecule has 1 aliphatic heterocycles. The van der Waals surface area contributed by atoms with Gasteiger partial charge in [-0.25, -0.2) is 0 Å². The standard InChI is InChI=1S/C23H29NOS/c1-5-23(2,3)22-8-6-7-18-11-14-20(15-21(18)24-22)26-16-17-9-12-19(25-4)13-10-17/h9-15H,5-8,16H2,1-4H3. The van der Waals surface area contributed by atoms with Gasteiger partial charge in [0.25, 0.3) is 0 Å². The Morgan fingerprint density at radius 1 is 1.08 bits per heavy atom. The van der Waals surface area contributed by atoms with Crippen molar-refractivity contribution in [2.24, 2.45) is 10.4 Å². The van der Waals surface area contributed by atoms with E-state index in [0.717, 1.165) is 30.8 Å². The van der Waals surface area contributed by atoms with Crippen molar-refractivity contribution in [3.63, 3.8) is 0 Å². The topological polar surface area (TPSA) is 21.6 Å². The van der Waals surface area contributed by atoms with Gasteiger partial charge < -0.3 is 4.74 Å². The molecule has 0 saturated heterocycles. The minimum absolute atomic E-state index is 0.188. The fourth-order valence-electron chi connectivity index (χ4n) is 3.18. The van der Waals surface area contributed by atoms with Crippen LogP contribution in [0.2, 0.25) is 0 Å². The number of ether oxygens (including phenoxy) is 1. The molecule has 3 heteroatoms. The van der Waals surface area contributed by atoms with Crippen LogP contribution >= 0.6 is 11.8 Å². The van der Waals surface area contributed by atoms with E-state index in [1.807, 2.05) is 23.9 Å². The predicted octanol–water partition coefficient (Wildman–Crippen LogP) is 6.83. The van der Waals surface area contributed by atoms with Gasteiger partial charge in [-0.1, -0.05) is 39.0 Å². The fraction of sp³-hybridized carbons (Fsp3) is 0.435. The molecule has 0 saturated carbocycles. The van der Waals surface area contributed by atoms with Crippen LogP contribution in [0.15, 0.2) is 52.4 Å². The van der Waals surface area contributed by atoms with Crippen molar-refractivity contribution >= 4 is 23.2 Å². The molecular weight excluding hydrogens is 338 g/mol. The maximum Gasteiger partial charge on any atom is 0.118 e. The molecular formula is C23H29NOS. The van der Waals surface area contributed by atoms with E-state index in [2.05, 4.69) is 51.1 Å². The Hall–Kier alpha value is -1.74. The highest BCUT2D eigenvalue weighted by Crippen LogP contribution is 2.35. The van der Waals surface area contributed by atoms with Gasteiger partial charge in [0.15, 0.2) is 0 Å². The van der Waals surface area contributed by atoms with Crippen molar-refractivity contribution in [1.29, 1.82) is 0 Å². The highest BCUT2D eigenvalue weighted by molar-refractivity contribution is 7.98. The summed E-state index contributed by atoms with van der Waals surface area (Å²) in [5.74, 6) is 1.86. The van der Waals surface area contributed by atoms with Crippen LogP contribution in [0.3, 0.4) is 0 Å². The van der Waals surface area contributed by atoms with Gasteiger partial charge in [0.2, 0.25) is 0 Å². The molecule has 0 N–H and O–H groups in total. The number of aryl methyl sites for hydroxylation is 1. The van der Waals surface area contributed by atoms with Gasteiger partial charge >= 0.3 is 0 Å². The van der Waals surface area contributed by atoms with Gasteiger partial charge in [-0.15, -0.1) is 11.8 Å². The number of nitrogens with zero attached hydrogens (tertiary/aromatic N) is 1. The third-order valence-corrected chi connectivity index (χ3v) is 6.47. The van der Waals surface area contributed by atoms with E-state index in [1.165, 1.54) is 33.8 Å². The summed E-state index contributed by atoms with van der Waals surface area (Å²) in [6.07, 6.45) is 4.58. The molecule has 0 spiro atoms. The molecule has 0 fully saturated rings. The molecule has 0 aromatic heterocycles. The van der Waals surface area contributed by atoms with E-state index in [1.54, 1.807) is 7.11 Å². The zero-order valence-corrected chi connectivity index (χ0v) is 17.2. The summed E-state index contributed by atoms with van der Waals surface area (Å²) in [5, 5.41) is 0. The van der Waals surface area contributed by atoms with Gasteiger partial charge in [0.05, 0.1) is 12.8 Å². The zero-order chi connectivity index (χ0) is 18.6. The van der Waals surface area contributed by atoms with Crippen LogP contribution in [0.4, 0.5) is 5.69 Å². The van der Waals surface area contributed by atoms with Crippen molar-refractivity contribution in [1.82, 2.24) is 0 Å². The third-order valence-electron chi connectivity index (χ3n) is 5.40. The Balaban J connectivity index is 1.77. The lowest BCUT2D eigenvalue weighted by atomic mass is 9.82. The Labute approximate surface area is 162 Å². The molecule has 3 rings (SSSR count). The van der Waals surface area contributed by atoms with Crippen molar-refractivity contribution in [3.05, 3.63) is 53.6 Å². The highest BCUT2D eigenvalue weighted by atomic mass is 32.2. The first-order chi connectivity index (χ1) is 12.5. The first-order valence-corrected chi connectivity index (χ1v) is 10.5. The molecule has 1 aliphatic rings. The minimum atomic E-state index is 0.188. The number of methoxy groups -OCH3 is 1. The Kier molecular flexibility index (Phi) is 6.08. The van der Waals surface area contributed by atoms with Crippen molar-refractivity contribution in [2.75, 3.05) is 7.11 Å². The lowest BCUT2D eigenvalue weighted by Gasteiger charge is -2.24. The number of benzene rings is 2. The van der Waals surface area contributed by atoms with Gasteiger partial charge in [0.1, 0.15) is 5.75 Å². The molecule has 0 atom stereocenters. The molecule has 0 unspecified atom stereocenters. The second-order valence-electron chi connectivity index (χ2n) is 7.58. The minimum Gasteiger partial charge on any atom is -0.497 e. The summed E-state index contributed by atoms with van der Waals surface area (Å²) >= 11 is 1.87. The molecule has 0 radical (unpaired) electrons. The monoisotopic (exact) mass is 367 g/mol. The summed E-state index contributed by atoms with van der Waals surface area (Å²) in [4.78, 5) is 6.40. The Morgan fingerprint density at radius 3 is 2.54 bits per heavy atom. The smallest absolute Gasteiger partial charge is 0.118 e. The lowest BCUT2D eigenvalue weighted by Crippen LogP contribution is -2.22. The highest BCUT2D eigenvalue weighted by Gasteiger charge is 2.24. The maximum atomic E-state index is 5.23. The third kappa shape index (κ3) is 4.50. The van der Waals surface area contributed by atoms with Crippen LogP contribution in [0, 0.1) is 5.41 Å². The van der Waals surface area contributed by atoms with Gasteiger partial charge in [-0.05, 0) is 61.1 Å². The number of aliphatic imine (C=N–C) groups is 1. The van der Waals surface area contributed by atoms with Crippen LogP contribution in [0.5, 0.6) is 5.75 Å². The largest absolute Gasteiger partial charge is 0.497 e. The molecule has 2 aromatic rings. The maximum absolute atomic E-state index is 5.23. The molecule has 1 heterocycles. The molecule has 2 nitrogen and oxygen atoms in total. The molecule has 26 heavy (non-hydrogen) atoms. The second kappa shape index (κ2) is 8.30. The van der Waals surface area contributed by atoms with Crippen molar-refractivity contribution in [2.45, 2.75) is 57.1 Å². The SMILES string of the molecule is CCC(C)(C)C1=Nc2cc(SCc3ccc(OC)cc3)ccc2CCC1. The van der Waals surface area contributed by atoms with E-state index in [4.69, 9.17) is 9.73 Å². The summed E-state index contributed by atoms with van der Waals surface area (Å²) in [6.45, 7) is 6.90. The van der Waals surface area contributed by atoms with E-state index < -0.39 is 0 Å². The first-order valence-electron chi connectivity index (χ1n) is 9.48. The van der Waals surface area contributed by atoms with Crippen molar-refractivity contribution in [3.8, 4) is 5.75 Å². The molecule has 0 aliphatic carbocycles. The van der Waals surface area contributed by atoms with Crippen LogP contribution in [0.1, 0.15) is 51.2 Å². The zero-order valence-electron chi connectivity index (χ0n) is 16.3. The number of rotatable bonds is 6. The molecule has 2 aromatic carbocycles. The first kappa shape index (κ1) is 19.0. The number of hydrogen-bond donors (Lipinski definition) is 0. The van der Waals surface area contributed by atoms with Crippen LogP contribution < -0.4 is 4.74 Å². The Bertz CT molecular complexity index is 777. The van der Waals surface area contributed by atoms with E-state index >= 15 is 0 Å². The quantitative estimate of drug-likeness (QED) is 0.522. The van der Waals surface area contributed by atoms with Crippen LogP contribution in [-0.2, 0) is 12.2 Å². The average molecular weight is 368 g/mol. The van der Waals surface area contributed by atoms with Crippen molar-refractivity contribution < 1.29 is 4.74 Å². The summed E-state index contributed by atoms with van der Waals surface area (Å²) in [6, 6.07) is 15.1. The number of fused-ring (bicyclic) bond motifs is 1. The summed E-state index contributed by atoms with van der Waals surface area (Å²) in [5.41, 5.74) is 5.42. The van der Waals surface area contributed by atoms with Gasteiger partial charge in [0, 0.05) is 21.8 Å². The Morgan fingerprint density at radius 2 is 1.85 bits per heavy atom. The van der Waals surface area contributed by atoms with E-state index in [0.29, 0.717) is 0 Å². The van der Waals surface area contributed by atoms with Gasteiger partial charge in [-0.2, -0.15) is 0 Å². The van der Waals surface area contributed by atoms with E-state index in [-0.39, 0.29) is 5.41 Å². The second-order valence-corrected chi connectivity index (χ2v) is 8.63. The molecule has 0 amide bonds. The predicted molar refractivity (Wildman–Crippen MR) is 113 cm³/mol. The number of thioether (sulfide) groups is 1.